The van der Waals surface area contributed by atoms with E-state index in [9.17, 15) is 9.59 Å². The molecule has 1 atom stereocenters. The molecule has 0 aliphatic carbocycles. The Morgan fingerprint density at radius 3 is 2.50 bits per heavy atom. The summed E-state index contributed by atoms with van der Waals surface area (Å²) in [4.78, 5) is 30.2. The maximum absolute atomic E-state index is 13.4. The summed E-state index contributed by atoms with van der Waals surface area (Å²) < 4.78 is 15.9. The number of hydrogen-bond donors (Lipinski definition) is 0. The number of piperazine rings is 1. The highest BCUT2D eigenvalue weighted by molar-refractivity contribution is 7.12. The molecule has 10 heteroatoms. The number of ether oxygens (including phenoxy) is 3. The minimum absolute atomic E-state index is 0.0732. The SMILES string of the molecule is CCOC(=O)N1CCN(CC(=O)N2N=C(c3cccs3)C[C@@H]2c2ccc(OC)c(OC)c2)CC1. The molecule has 2 aliphatic rings. The maximum atomic E-state index is 13.4. The highest BCUT2D eigenvalue weighted by Gasteiger charge is 2.35. The Morgan fingerprint density at radius 2 is 1.85 bits per heavy atom. The summed E-state index contributed by atoms with van der Waals surface area (Å²) in [6.07, 6.45) is 0.324. The maximum Gasteiger partial charge on any atom is 0.409 e. The van der Waals surface area contributed by atoms with Crippen molar-refractivity contribution in [3.05, 3.63) is 46.2 Å². The summed E-state index contributed by atoms with van der Waals surface area (Å²) in [7, 11) is 3.20. The predicted molar refractivity (Wildman–Crippen MR) is 130 cm³/mol. The van der Waals surface area contributed by atoms with Crippen molar-refractivity contribution in [2.45, 2.75) is 19.4 Å². The van der Waals surface area contributed by atoms with E-state index < -0.39 is 0 Å². The fraction of sp³-hybridized carbons (Fsp3) is 0.458. The van der Waals surface area contributed by atoms with Gasteiger partial charge in [0.25, 0.3) is 5.91 Å². The number of carbonyl (C=O) groups is 2. The number of rotatable bonds is 7. The van der Waals surface area contributed by atoms with Gasteiger partial charge in [0.2, 0.25) is 0 Å². The van der Waals surface area contributed by atoms with E-state index in [0.29, 0.717) is 50.7 Å². The molecule has 0 saturated carbocycles. The molecule has 0 N–H and O–H groups in total. The van der Waals surface area contributed by atoms with E-state index in [1.807, 2.05) is 35.7 Å². The first-order chi connectivity index (χ1) is 16.5. The molecule has 1 saturated heterocycles. The monoisotopic (exact) mass is 486 g/mol. The molecule has 3 heterocycles. The first-order valence-corrected chi connectivity index (χ1v) is 12.2. The van der Waals surface area contributed by atoms with Gasteiger partial charge in [0, 0.05) is 32.6 Å². The van der Waals surface area contributed by atoms with Crippen LogP contribution in [0.3, 0.4) is 0 Å². The molecule has 4 rings (SSSR count). The van der Waals surface area contributed by atoms with Gasteiger partial charge in [0.05, 0.1) is 44.0 Å². The number of carbonyl (C=O) groups excluding carboxylic acids is 2. The summed E-state index contributed by atoms with van der Waals surface area (Å²) in [6.45, 7) is 4.69. The van der Waals surface area contributed by atoms with Gasteiger partial charge in [-0.25, -0.2) is 9.80 Å². The number of thiophene rings is 1. The van der Waals surface area contributed by atoms with Gasteiger partial charge < -0.3 is 19.1 Å². The van der Waals surface area contributed by atoms with Crippen molar-refractivity contribution in [2.75, 3.05) is 53.6 Å². The standard InChI is InChI=1S/C24H30N4O5S/c1-4-33-24(30)27-11-9-26(10-12-27)16-23(29)28-19(15-18(25-28)22-6-5-13-34-22)17-7-8-20(31-2)21(14-17)32-3/h5-8,13-14,19H,4,9-12,15-16H2,1-3H3/t19-/m1/s1. The Balaban J connectivity index is 1.50. The van der Waals surface area contributed by atoms with Crippen LogP contribution < -0.4 is 9.47 Å². The minimum atomic E-state index is -0.299. The zero-order valence-electron chi connectivity index (χ0n) is 19.7. The van der Waals surface area contributed by atoms with Gasteiger partial charge in [-0.3, -0.25) is 9.69 Å². The Kier molecular flexibility index (Phi) is 7.69. The van der Waals surface area contributed by atoms with E-state index >= 15 is 0 Å². The molecule has 1 aromatic heterocycles. The largest absolute Gasteiger partial charge is 0.493 e. The number of nitrogens with zero attached hydrogens (tertiary/aromatic N) is 4. The number of hydrogen-bond acceptors (Lipinski definition) is 8. The molecule has 0 bridgehead atoms. The second-order valence-corrected chi connectivity index (χ2v) is 9.01. The third-order valence-corrected chi connectivity index (χ3v) is 6.94. The Bertz CT molecular complexity index is 1030. The minimum Gasteiger partial charge on any atom is -0.493 e. The summed E-state index contributed by atoms with van der Waals surface area (Å²) >= 11 is 1.61. The highest BCUT2D eigenvalue weighted by atomic mass is 32.1. The topological polar surface area (TPSA) is 83.9 Å². The molecule has 0 spiro atoms. The van der Waals surface area contributed by atoms with Gasteiger partial charge in [0.15, 0.2) is 11.5 Å². The van der Waals surface area contributed by atoms with Crippen LogP contribution >= 0.6 is 11.3 Å². The predicted octanol–water partition coefficient (Wildman–Crippen LogP) is 3.22. The lowest BCUT2D eigenvalue weighted by Gasteiger charge is -2.34. The zero-order chi connectivity index (χ0) is 24.1. The van der Waals surface area contributed by atoms with Crippen molar-refractivity contribution in [1.29, 1.82) is 0 Å². The summed E-state index contributed by atoms with van der Waals surface area (Å²) in [5.41, 5.74) is 1.84. The van der Waals surface area contributed by atoms with Gasteiger partial charge >= 0.3 is 6.09 Å². The van der Waals surface area contributed by atoms with Crippen molar-refractivity contribution in [2.24, 2.45) is 5.10 Å². The van der Waals surface area contributed by atoms with E-state index in [-0.39, 0.29) is 24.6 Å². The van der Waals surface area contributed by atoms with Gasteiger partial charge in [-0.05, 0) is 36.1 Å². The average molecular weight is 487 g/mol. The van der Waals surface area contributed by atoms with E-state index in [2.05, 4.69) is 4.90 Å². The third-order valence-electron chi connectivity index (χ3n) is 6.02. The molecular weight excluding hydrogens is 456 g/mol. The number of methoxy groups -OCH3 is 2. The zero-order valence-corrected chi connectivity index (χ0v) is 20.5. The fourth-order valence-electron chi connectivity index (χ4n) is 4.22. The molecule has 34 heavy (non-hydrogen) atoms. The summed E-state index contributed by atoms with van der Waals surface area (Å²) in [5.74, 6) is 1.18. The molecule has 2 aliphatic heterocycles. The van der Waals surface area contributed by atoms with Crippen molar-refractivity contribution < 1.29 is 23.8 Å². The lowest BCUT2D eigenvalue weighted by atomic mass is 10.0. The van der Waals surface area contributed by atoms with Crippen LogP contribution in [-0.4, -0.2) is 86.1 Å². The molecule has 1 fully saturated rings. The van der Waals surface area contributed by atoms with Crippen LogP contribution in [0.1, 0.15) is 29.8 Å². The van der Waals surface area contributed by atoms with Gasteiger partial charge in [-0.15, -0.1) is 11.3 Å². The van der Waals surface area contributed by atoms with Crippen LogP contribution in [-0.2, 0) is 9.53 Å². The van der Waals surface area contributed by atoms with Crippen LogP contribution in [0.5, 0.6) is 11.5 Å². The van der Waals surface area contributed by atoms with Gasteiger partial charge in [0.1, 0.15) is 0 Å². The molecule has 1 aromatic carbocycles. The Hall–Kier alpha value is -3.11. The number of benzene rings is 1. The van der Waals surface area contributed by atoms with Crippen molar-refractivity contribution >= 4 is 29.0 Å². The number of hydrazone groups is 1. The Morgan fingerprint density at radius 1 is 1.09 bits per heavy atom. The fourth-order valence-corrected chi connectivity index (χ4v) is 4.94. The molecule has 182 valence electrons. The van der Waals surface area contributed by atoms with Crippen LogP contribution in [0, 0.1) is 0 Å². The summed E-state index contributed by atoms with van der Waals surface area (Å²) in [5, 5.41) is 8.36. The molecule has 9 nitrogen and oxygen atoms in total. The van der Waals surface area contributed by atoms with E-state index in [1.165, 1.54) is 0 Å². The first-order valence-electron chi connectivity index (χ1n) is 11.3. The second kappa shape index (κ2) is 10.9. The quantitative estimate of drug-likeness (QED) is 0.598. The molecule has 2 amide bonds. The second-order valence-electron chi connectivity index (χ2n) is 8.06. The van der Waals surface area contributed by atoms with Gasteiger partial charge in [-0.1, -0.05) is 12.1 Å². The van der Waals surface area contributed by atoms with Crippen LogP contribution in [0.2, 0.25) is 0 Å². The normalized spacial score (nSPS) is 18.6. The molecular formula is C24H30N4O5S. The lowest BCUT2D eigenvalue weighted by molar-refractivity contribution is -0.134. The smallest absolute Gasteiger partial charge is 0.409 e. The lowest BCUT2D eigenvalue weighted by Crippen LogP contribution is -2.51. The number of amides is 2. The molecule has 2 aromatic rings. The van der Waals surface area contributed by atoms with E-state index in [4.69, 9.17) is 19.3 Å². The van der Waals surface area contributed by atoms with Gasteiger partial charge in [-0.2, -0.15) is 5.10 Å². The van der Waals surface area contributed by atoms with Crippen molar-refractivity contribution in [1.82, 2.24) is 14.8 Å². The van der Waals surface area contributed by atoms with Crippen LogP contribution in [0.15, 0.2) is 40.8 Å². The summed E-state index contributed by atoms with van der Waals surface area (Å²) in [6, 6.07) is 9.50. The third kappa shape index (κ3) is 5.18. The van der Waals surface area contributed by atoms with E-state index in [1.54, 1.807) is 42.4 Å². The molecule has 0 unspecified atom stereocenters. The van der Waals surface area contributed by atoms with Crippen molar-refractivity contribution in [3.8, 4) is 11.5 Å². The highest BCUT2D eigenvalue weighted by Crippen LogP contribution is 2.38. The average Bonchev–Trinajstić information content (AvgIpc) is 3.54. The van der Waals surface area contributed by atoms with E-state index in [0.717, 1.165) is 16.2 Å². The van der Waals surface area contributed by atoms with Crippen molar-refractivity contribution in [3.63, 3.8) is 0 Å². The first kappa shape index (κ1) is 24.0. The molecule has 0 radical (unpaired) electrons. The Labute approximate surface area is 203 Å². The van der Waals surface area contributed by atoms with Crippen LogP contribution in [0.25, 0.3) is 0 Å². The van der Waals surface area contributed by atoms with Crippen LogP contribution in [0.4, 0.5) is 4.79 Å².